The maximum absolute atomic E-state index is 4.58. The van der Waals surface area contributed by atoms with Gasteiger partial charge in [-0.05, 0) is 41.2 Å². The number of hydrogen-bond donors (Lipinski definition) is 0. The summed E-state index contributed by atoms with van der Waals surface area (Å²) in [5.41, 5.74) is 3.39. The first kappa shape index (κ1) is 9.85. The Bertz CT molecular complexity index is 698. The van der Waals surface area contributed by atoms with E-state index in [1.165, 1.54) is 16.5 Å². The van der Waals surface area contributed by atoms with Crippen LogP contribution >= 0.6 is 15.9 Å². The quantitative estimate of drug-likeness (QED) is 0.608. The van der Waals surface area contributed by atoms with E-state index in [2.05, 4.69) is 69.5 Å². The van der Waals surface area contributed by atoms with E-state index >= 15 is 0 Å². The van der Waals surface area contributed by atoms with Gasteiger partial charge in [0, 0.05) is 11.1 Å². The van der Waals surface area contributed by atoms with Crippen molar-refractivity contribution in [2.75, 3.05) is 0 Å². The Morgan fingerprint density at radius 1 is 1.19 bits per heavy atom. The SMILES string of the molecule is Cc1cc2ccccc2c2nc(Br)c(C)n12. The summed E-state index contributed by atoms with van der Waals surface area (Å²) in [6.07, 6.45) is 0. The fourth-order valence-electron chi connectivity index (χ4n) is 2.20. The number of rotatable bonds is 0. The second-order valence-electron chi connectivity index (χ2n) is 4.02. The monoisotopic (exact) mass is 274 g/mol. The molecule has 16 heavy (non-hydrogen) atoms. The summed E-state index contributed by atoms with van der Waals surface area (Å²) in [6, 6.07) is 10.5. The average molecular weight is 275 g/mol. The largest absolute Gasteiger partial charge is 0.300 e. The van der Waals surface area contributed by atoms with Crippen molar-refractivity contribution in [1.82, 2.24) is 9.38 Å². The molecule has 0 atom stereocenters. The van der Waals surface area contributed by atoms with Crippen molar-refractivity contribution >= 4 is 32.3 Å². The highest BCUT2D eigenvalue weighted by atomic mass is 79.9. The molecule has 0 saturated carbocycles. The Kier molecular flexibility index (Phi) is 2.04. The van der Waals surface area contributed by atoms with Gasteiger partial charge in [-0.2, -0.15) is 0 Å². The van der Waals surface area contributed by atoms with E-state index in [0.717, 1.165) is 15.9 Å². The minimum Gasteiger partial charge on any atom is -0.300 e. The van der Waals surface area contributed by atoms with Crippen LogP contribution in [-0.4, -0.2) is 9.38 Å². The standard InChI is InChI=1S/C13H11BrN2/c1-8-7-10-5-3-4-6-11(10)13-15-12(14)9(2)16(8)13/h3-7H,1-2H3. The number of pyridine rings is 1. The lowest BCUT2D eigenvalue weighted by Gasteiger charge is -2.05. The van der Waals surface area contributed by atoms with Crippen molar-refractivity contribution in [2.45, 2.75) is 13.8 Å². The van der Waals surface area contributed by atoms with E-state index in [-0.39, 0.29) is 0 Å². The molecule has 3 heteroatoms. The topological polar surface area (TPSA) is 17.3 Å². The molecule has 2 heterocycles. The third-order valence-electron chi connectivity index (χ3n) is 2.97. The molecule has 1 aromatic carbocycles. The van der Waals surface area contributed by atoms with Crippen LogP contribution in [0.1, 0.15) is 11.4 Å². The molecular weight excluding hydrogens is 264 g/mol. The molecule has 0 spiro atoms. The number of hydrogen-bond acceptors (Lipinski definition) is 1. The first-order chi connectivity index (χ1) is 7.68. The van der Waals surface area contributed by atoms with Crippen LogP contribution in [0.4, 0.5) is 0 Å². The molecule has 0 aliphatic rings. The average Bonchev–Trinajstić information content (AvgIpc) is 2.57. The first-order valence-corrected chi connectivity index (χ1v) is 6.00. The summed E-state index contributed by atoms with van der Waals surface area (Å²) in [5.74, 6) is 0. The molecule has 2 nitrogen and oxygen atoms in total. The number of fused-ring (bicyclic) bond motifs is 3. The van der Waals surface area contributed by atoms with Gasteiger partial charge in [0.1, 0.15) is 10.3 Å². The lowest BCUT2D eigenvalue weighted by molar-refractivity contribution is 1.04. The summed E-state index contributed by atoms with van der Waals surface area (Å²) in [7, 11) is 0. The summed E-state index contributed by atoms with van der Waals surface area (Å²) in [5, 5.41) is 2.44. The fraction of sp³-hybridized carbons (Fsp3) is 0.154. The Labute approximate surface area is 102 Å². The van der Waals surface area contributed by atoms with E-state index in [1.54, 1.807) is 0 Å². The van der Waals surface area contributed by atoms with Crippen molar-refractivity contribution in [3.05, 3.63) is 46.3 Å². The molecule has 0 aliphatic carbocycles. The van der Waals surface area contributed by atoms with Gasteiger partial charge in [-0.15, -0.1) is 0 Å². The molecule has 0 bridgehead atoms. The normalized spacial score (nSPS) is 11.4. The molecule has 0 N–H and O–H groups in total. The summed E-state index contributed by atoms with van der Waals surface area (Å²) >= 11 is 3.50. The lowest BCUT2D eigenvalue weighted by Crippen LogP contribution is -1.94. The number of aromatic nitrogens is 2. The molecule has 0 aliphatic heterocycles. The predicted molar refractivity (Wildman–Crippen MR) is 69.9 cm³/mol. The van der Waals surface area contributed by atoms with Crippen molar-refractivity contribution < 1.29 is 0 Å². The number of benzene rings is 1. The Hall–Kier alpha value is -1.35. The fourth-order valence-corrected chi connectivity index (χ4v) is 2.55. The van der Waals surface area contributed by atoms with Crippen molar-refractivity contribution in [3.63, 3.8) is 0 Å². The van der Waals surface area contributed by atoms with E-state index in [1.807, 2.05) is 0 Å². The van der Waals surface area contributed by atoms with Crippen LogP contribution < -0.4 is 0 Å². The number of imidazole rings is 1. The molecule has 0 fully saturated rings. The van der Waals surface area contributed by atoms with Gasteiger partial charge in [0.2, 0.25) is 0 Å². The molecule has 0 saturated heterocycles. The maximum atomic E-state index is 4.58. The predicted octanol–water partition coefficient (Wildman–Crippen LogP) is 3.87. The van der Waals surface area contributed by atoms with E-state index < -0.39 is 0 Å². The van der Waals surface area contributed by atoms with E-state index in [4.69, 9.17) is 0 Å². The van der Waals surface area contributed by atoms with Crippen LogP contribution in [0.2, 0.25) is 0 Å². The minimum atomic E-state index is 0.923. The van der Waals surface area contributed by atoms with Gasteiger partial charge in [0.05, 0.1) is 5.69 Å². The van der Waals surface area contributed by atoms with Gasteiger partial charge in [-0.3, -0.25) is 4.40 Å². The van der Waals surface area contributed by atoms with Crippen molar-refractivity contribution in [2.24, 2.45) is 0 Å². The zero-order valence-corrected chi connectivity index (χ0v) is 10.7. The van der Waals surface area contributed by atoms with Gasteiger partial charge < -0.3 is 0 Å². The maximum Gasteiger partial charge on any atom is 0.146 e. The Morgan fingerprint density at radius 2 is 1.94 bits per heavy atom. The summed E-state index contributed by atoms with van der Waals surface area (Å²) < 4.78 is 3.11. The van der Waals surface area contributed by atoms with Crippen LogP contribution in [0.25, 0.3) is 16.4 Å². The molecular formula is C13H11BrN2. The zero-order valence-electron chi connectivity index (χ0n) is 9.16. The van der Waals surface area contributed by atoms with E-state index in [0.29, 0.717) is 0 Å². The van der Waals surface area contributed by atoms with Gasteiger partial charge in [0.15, 0.2) is 0 Å². The third-order valence-corrected chi connectivity index (χ3v) is 3.72. The van der Waals surface area contributed by atoms with Crippen LogP contribution in [0, 0.1) is 13.8 Å². The van der Waals surface area contributed by atoms with Gasteiger partial charge in [-0.1, -0.05) is 24.3 Å². The third kappa shape index (κ3) is 1.21. The second kappa shape index (κ2) is 3.32. The Morgan fingerprint density at radius 3 is 2.75 bits per heavy atom. The highest BCUT2D eigenvalue weighted by molar-refractivity contribution is 9.10. The highest BCUT2D eigenvalue weighted by Crippen LogP contribution is 2.26. The first-order valence-electron chi connectivity index (χ1n) is 5.21. The molecule has 0 radical (unpaired) electrons. The van der Waals surface area contributed by atoms with Gasteiger partial charge >= 0.3 is 0 Å². The van der Waals surface area contributed by atoms with Crippen LogP contribution in [0.5, 0.6) is 0 Å². The summed E-state index contributed by atoms with van der Waals surface area (Å²) in [6.45, 7) is 4.19. The number of halogens is 1. The molecule has 3 rings (SSSR count). The van der Waals surface area contributed by atoms with Gasteiger partial charge in [-0.25, -0.2) is 4.98 Å². The minimum absolute atomic E-state index is 0.923. The van der Waals surface area contributed by atoms with E-state index in [9.17, 15) is 0 Å². The molecule has 2 aromatic heterocycles. The lowest BCUT2D eigenvalue weighted by atomic mass is 10.1. The molecule has 80 valence electrons. The smallest absolute Gasteiger partial charge is 0.146 e. The van der Waals surface area contributed by atoms with Crippen LogP contribution in [-0.2, 0) is 0 Å². The molecule has 0 amide bonds. The molecule has 3 aromatic rings. The van der Waals surface area contributed by atoms with Crippen molar-refractivity contribution in [1.29, 1.82) is 0 Å². The van der Waals surface area contributed by atoms with Gasteiger partial charge in [0.25, 0.3) is 0 Å². The number of nitrogens with zero attached hydrogens (tertiary/aromatic N) is 2. The van der Waals surface area contributed by atoms with Crippen LogP contribution in [0.15, 0.2) is 34.9 Å². The van der Waals surface area contributed by atoms with Crippen LogP contribution in [0.3, 0.4) is 0 Å². The number of aryl methyl sites for hydroxylation is 2. The van der Waals surface area contributed by atoms with Crippen molar-refractivity contribution in [3.8, 4) is 0 Å². The summed E-state index contributed by atoms with van der Waals surface area (Å²) in [4.78, 5) is 4.58. The highest BCUT2D eigenvalue weighted by Gasteiger charge is 2.10. The second-order valence-corrected chi connectivity index (χ2v) is 4.77. The zero-order chi connectivity index (χ0) is 11.3. The molecule has 0 unspecified atom stereocenters. The Balaban J connectivity index is 2.65.